The second-order valence-electron chi connectivity index (χ2n) is 20.3. The summed E-state index contributed by atoms with van der Waals surface area (Å²) in [6, 6.07) is 4.05. The molecule has 3 aliphatic heterocycles. The van der Waals surface area contributed by atoms with Gasteiger partial charge in [0, 0.05) is 49.8 Å². The molecule has 0 radical (unpaired) electrons. The third-order valence-corrected chi connectivity index (χ3v) is 18.4. The number of hydrogen-bond donors (Lipinski definition) is 1. The number of halogens is 3. The summed E-state index contributed by atoms with van der Waals surface area (Å²) in [6.45, 7) is 7.94. The maximum absolute atomic E-state index is 15.2. The number of pyridine rings is 1. The van der Waals surface area contributed by atoms with E-state index < -0.39 is 108 Å². The highest BCUT2D eigenvalue weighted by molar-refractivity contribution is 7.91. The SMILES string of the molecule is CC[C@@H]1C[C@H](C)CC/C=C\[C@@H]2C[C@@]2(C(=O)NS(=O)(=O)C2(C)CC2)CC(=O)[C@@H]2C[C@@H](Oc3ncc(N4CCN(S(C)(=O)=O)CC4)c4cc(OC)ccc34)CN2C(=O)[C@H]1CC(=O)OC(C)(C)C(F)(F)F. The van der Waals surface area contributed by atoms with E-state index in [1.807, 2.05) is 30.9 Å². The number of anilines is 1. The Morgan fingerprint density at radius 2 is 1.71 bits per heavy atom. The number of amides is 2. The number of rotatable bonds is 12. The molecule has 4 heterocycles. The summed E-state index contributed by atoms with van der Waals surface area (Å²) in [4.78, 5) is 65.9. The highest BCUT2D eigenvalue weighted by Crippen LogP contribution is 2.58. The van der Waals surface area contributed by atoms with E-state index >= 15 is 4.79 Å². The molecule has 16 nitrogen and oxygen atoms in total. The first kappa shape index (κ1) is 51.4. The minimum Gasteiger partial charge on any atom is -0.497 e. The minimum atomic E-state index is -4.90. The van der Waals surface area contributed by atoms with Gasteiger partial charge in [-0.05, 0) is 95.2 Å². The number of piperazine rings is 1. The van der Waals surface area contributed by atoms with Gasteiger partial charge in [-0.2, -0.15) is 17.5 Å². The van der Waals surface area contributed by atoms with E-state index in [4.69, 9.17) is 19.2 Å². The molecule has 0 unspecified atom stereocenters. The van der Waals surface area contributed by atoms with Crippen molar-refractivity contribution < 1.29 is 63.4 Å². The number of nitrogens with zero attached hydrogens (tertiary/aromatic N) is 4. The summed E-state index contributed by atoms with van der Waals surface area (Å²) in [5.74, 6) is -4.69. The van der Waals surface area contributed by atoms with Crippen molar-refractivity contribution in [2.45, 2.75) is 127 Å². The van der Waals surface area contributed by atoms with Crippen molar-refractivity contribution in [3.8, 4) is 11.6 Å². The number of alkyl halides is 3. The van der Waals surface area contributed by atoms with Crippen LogP contribution in [0.4, 0.5) is 18.9 Å². The first-order chi connectivity index (χ1) is 31.7. The van der Waals surface area contributed by atoms with Gasteiger partial charge in [-0.1, -0.05) is 32.4 Å². The van der Waals surface area contributed by atoms with Crippen molar-refractivity contribution in [2.24, 2.45) is 29.1 Å². The summed E-state index contributed by atoms with van der Waals surface area (Å²) >= 11 is 0. The average Bonchev–Trinajstić information content (AvgIpc) is 4.15. The van der Waals surface area contributed by atoms with E-state index in [9.17, 15) is 44.4 Å². The van der Waals surface area contributed by atoms with E-state index in [-0.39, 0.29) is 44.3 Å². The number of aromatic nitrogens is 1. The monoisotopic (exact) mass is 995 g/mol. The smallest absolute Gasteiger partial charge is 0.427 e. The Morgan fingerprint density at radius 1 is 1.01 bits per heavy atom. The van der Waals surface area contributed by atoms with E-state index in [2.05, 4.69) is 4.72 Å². The third kappa shape index (κ3) is 10.6. The Morgan fingerprint density at radius 3 is 2.32 bits per heavy atom. The number of ether oxygens (including phenoxy) is 3. The van der Waals surface area contributed by atoms with Gasteiger partial charge >= 0.3 is 12.1 Å². The largest absolute Gasteiger partial charge is 0.497 e. The van der Waals surface area contributed by atoms with Crippen molar-refractivity contribution in [1.29, 1.82) is 0 Å². The van der Waals surface area contributed by atoms with Gasteiger partial charge in [-0.3, -0.25) is 23.9 Å². The number of esters is 1. The van der Waals surface area contributed by atoms with Crippen molar-refractivity contribution in [3.05, 3.63) is 36.5 Å². The normalized spacial score (nSPS) is 29.0. The van der Waals surface area contributed by atoms with Crippen LogP contribution in [0.25, 0.3) is 10.8 Å². The molecular formula is C47H64F3N5O11S2. The lowest BCUT2D eigenvalue weighted by molar-refractivity contribution is -0.257. The van der Waals surface area contributed by atoms with Gasteiger partial charge in [0.15, 0.2) is 5.78 Å². The van der Waals surface area contributed by atoms with Gasteiger partial charge in [0.05, 0.1) is 60.3 Å². The Labute approximate surface area is 396 Å². The van der Waals surface area contributed by atoms with Crippen LogP contribution < -0.4 is 19.1 Å². The maximum Gasteiger partial charge on any atom is 0.427 e. The summed E-state index contributed by atoms with van der Waals surface area (Å²) in [6.07, 6.45) is 2.55. The standard InChI is InChI=1S/C47H64F3N5O11S2/c1-8-30-21-29(2)11-9-10-12-31-25-46(31,43(59)52-68(62,63)45(5)15-16-45)26-39(56)37-23-33(28-55(37)42(58)35(30)24-40(57)66-44(3,4)47(48,49)50)65-41-34-14-13-32(64-6)22-36(34)38(27-51-41)53-17-19-54(20-18-53)67(7,60)61/h10,12-14,22,27,29-31,33,35,37H,8-9,11,15-21,23-26,28H2,1-7H3,(H,52,59)/b12-10-/t29-,30-,31-,33-,35+,37+,46-/m1/s1. The van der Waals surface area contributed by atoms with Crippen LogP contribution in [0, 0.1) is 29.1 Å². The molecule has 0 spiro atoms. The predicted octanol–water partition coefficient (Wildman–Crippen LogP) is 5.93. The van der Waals surface area contributed by atoms with Gasteiger partial charge < -0.3 is 24.0 Å². The highest BCUT2D eigenvalue weighted by Gasteiger charge is 2.63. The van der Waals surface area contributed by atoms with E-state index in [0.29, 0.717) is 73.8 Å². The second-order valence-corrected chi connectivity index (χ2v) is 24.5. The molecule has 4 fully saturated rings. The number of nitrogens with one attached hydrogen (secondary N) is 1. The van der Waals surface area contributed by atoms with Crippen molar-refractivity contribution in [3.63, 3.8) is 0 Å². The Bertz CT molecular complexity index is 2540. The van der Waals surface area contributed by atoms with Gasteiger partial charge in [0.2, 0.25) is 43.3 Å². The molecule has 2 aromatic rings. The number of allylic oxidation sites excluding steroid dienone is 2. The molecule has 1 aromatic carbocycles. The quantitative estimate of drug-likeness (QED) is 0.194. The molecule has 21 heteroatoms. The van der Waals surface area contributed by atoms with Crippen LogP contribution in [0.1, 0.15) is 98.8 Å². The Kier molecular flexibility index (Phi) is 14.4. The Hall–Kier alpha value is -4.50. The zero-order chi connectivity index (χ0) is 49.8. The molecule has 68 heavy (non-hydrogen) atoms. The fraction of sp³-hybridized carbons (Fsp3) is 0.681. The molecule has 2 saturated heterocycles. The van der Waals surface area contributed by atoms with Crippen molar-refractivity contribution >= 4 is 60.1 Å². The van der Waals surface area contributed by atoms with Crippen LogP contribution in [-0.2, 0) is 44.0 Å². The molecule has 2 aliphatic carbocycles. The number of benzene rings is 1. The summed E-state index contributed by atoms with van der Waals surface area (Å²) in [5, 5.41) is 1.23. The molecule has 7 rings (SSSR count). The number of carbonyl (C=O) groups excluding carboxylic acids is 4. The van der Waals surface area contributed by atoms with Crippen LogP contribution in [0.15, 0.2) is 36.5 Å². The molecule has 2 amide bonds. The molecule has 2 saturated carbocycles. The van der Waals surface area contributed by atoms with Crippen LogP contribution in [0.2, 0.25) is 0 Å². The minimum absolute atomic E-state index is 0.0130. The predicted molar refractivity (Wildman–Crippen MR) is 247 cm³/mol. The highest BCUT2D eigenvalue weighted by atomic mass is 32.2. The second kappa shape index (κ2) is 19.0. The molecule has 7 atom stereocenters. The first-order valence-electron chi connectivity index (χ1n) is 23.4. The average molecular weight is 996 g/mol. The number of fused-ring (bicyclic) bond motifs is 3. The molecule has 1 N–H and O–H groups in total. The number of Topliss-reactive ketones (excluding diaryl/α,β-unsaturated/α-hetero) is 1. The zero-order valence-electron chi connectivity index (χ0n) is 39.8. The summed E-state index contributed by atoms with van der Waals surface area (Å²) in [5.41, 5.74) is -3.58. The summed E-state index contributed by atoms with van der Waals surface area (Å²) in [7, 11) is -5.96. The van der Waals surface area contributed by atoms with Crippen LogP contribution in [0.5, 0.6) is 11.6 Å². The van der Waals surface area contributed by atoms with E-state index in [0.717, 1.165) is 13.8 Å². The number of methoxy groups -OCH3 is 1. The van der Waals surface area contributed by atoms with Crippen LogP contribution in [0.3, 0.4) is 0 Å². The number of ketones is 1. The van der Waals surface area contributed by atoms with Crippen molar-refractivity contribution in [1.82, 2.24) is 18.9 Å². The van der Waals surface area contributed by atoms with Gasteiger partial charge in [-0.25, -0.2) is 21.8 Å². The molecule has 376 valence electrons. The van der Waals surface area contributed by atoms with Crippen LogP contribution >= 0.6 is 0 Å². The van der Waals surface area contributed by atoms with Gasteiger partial charge in [0.25, 0.3) is 0 Å². The third-order valence-electron chi connectivity index (χ3n) is 14.9. The van der Waals surface area contributed by atoms with E-state index in [1.54, 1.807) is 31.3 Å². The summed E-state index contributed by atoms with van der Waals surface area (Å²) < 4.78 is 113. The Balaban J connectivity index is 1.25. The topological polar surface area (TPSA) is 199 Å². The maximum atomic E-state index is 15.2. The number of carbonyl (C=O) groups is 4. The molecule has 1 aromatic heterocycles. The zero-order valence-corrected chi connectivity index (χ0v) is 41.4. The number of hydrogen-bond acceptors (Lipinski definition) is 13. The van der Waals surface area contributed by atoms with E-state index in [1.165, 1.54) is 22.6 Å². The number of sulfonamides is 2. The fourth-order valence-electron chi connectivity index (χ4n) is 9.98. The lowest BCUT2D eigenvalue weighted by Crippen LogP contribution is -2.49. The fourth-order valence-corrected chi connectivity index (χ4v) is 12.1. The molecular weight excluding hydrogens is 932 g/mol. The van der Waals surface area contributed by atoms with Gasteiger partial charge in [-0.15, -0.1) is 0 Å². The van der Waals surface area contributed by atoms with Crippen LogP contribution in [-0.4, -0.2) is 129 Å². The van der Waals surface area contributed by atoms with Crippen molar-refractivity contribution in [2.75, 3.05) is 51.0 Å². The lowest BCUT2D eigenvalue weighted by atomic mass is 9.79. The first-order valence-corrected chi connectivity index (χ1v) is 26.7. The molecule has 5 aliphatic rings. The molecule has 0 bridgehead atoms. The van der Waals surface area contributed by atoms with Gasteiger partial charge in [0.1, 0.15) is 11.9 Å². The lowest BCUT2D eigenvalue weighted by Gasteiger charge is -2.35.